The molecule has 88 valence electrons. The van der Waals surface area contributed by atoms with E-state index in [1.54, 1.807) is 0 Å². The third-order valence-corrected chi connectivity index (χ3v) is 3.58. The average molecular weight is 219 g/mol. The van der Waals surface area contributed by atoms with E-state index in [9.17, 15) is 5.11 Å². The van der Waals surface area contributed by atoms with Crippen molar-refractivity contribution in [3.8, 4) is 0 Å². The predicted octanol–water partition coefficient (Wildman–Crippen LogP) is 2.25. The highest BCUT2D eigenvalue weighted by Crippen LogP contribution is 2.31. The molecule has 1 aromatic carbocycles. The molecule has 0 aliphatic carbocycles. The van der Waals surface area contributed by atoms with Crippen LogP contribution in [0, 0.1) is 0 Å². The zero-order valence-electron chi connectivity index (χ0n) is 9.95. The Bertz CT molecular complexity index is 331. The van der Waals surface area contributed by atoms with Crippen LogP contribution in [-0.2, 0) is 0 Å². The molecule has 2 nitrogen and oxygen atoms in total. The van der Waals surface area contributed by atoms with Gasteiger partial charge in [0, 0.05) is 12.5 Å². The van der Waals surface area contributed by atoms with Crippen LogP contribution in [0.2, 0.25) is 0 Å². The normalized spacial score (nSPS) is 19.6. The Morgan fingerprint density at radius 3 is 2.69 bits per heavy atom. The molecule has 1 saturated heterocycles. The topological polar surface area (TPSA) is 32.3 Å². The van der Waals surface area contributed by atoms with Gasteiger partial charge in [-0.25, -0.2) is 0 Å². The van der Waals surface area contributed by atoms with Crippen LogP contribution in [0.1, 0.15) is 42.7 Å². The minimum absolute atomic E-state index is 0.238. The van der Waals surface area contributed by atoms with Crippen LogP contribution in [0.5, 0.6) is 0 Å². The van der Waals surface area contributed by atoms with Crippen molar-refractivity contribution in [2.75, 3.05) is 19.7 Å². The molecule has 1 aromatic rings. The lowest BCUT2D eigenvalue weighted by Crippen LogP contribution is -2.27. The Balaban J connectivity index is 2.24. The highest BCUT2D eigenvalue weighted by atomic mass is 16.3. The molecular weight excluding hydrogens is 198 g/mol. The number of rotatable bonds is 3. The number of aliphatic hydroxyl groups excluding tert-OH is 1. The highest BCUT2D eigenvalue weighted by molar-refractivity contribution is 5.33. The van der Waals surface area contributed by atoms with Crippen molar-refractivity contribution >= 4 is 0 Å². The molecule has 1 heterocycles. The van der Waals surface area contributed by atoms with E-state index < -0.39 is 0 Å². The molecule has 1 atom stereocenters. The largest absolute Gasteiger partial charge is 0.396 e. The summed E-state index contributed by atoms with van der Waals surface area (Å²) in [5.41, 5.74) is 2.78. The van der Waals surface area contributed by atoms with Gasteiger partial charge in [-0.1, -0.05) is 31.2 Å². The number of nitrogens with one attached hydrogen (secondary N) is 1. The molecule has 0 aromatic heterocycles. The lowest BCUT2D eigenvalue weighted by atomic mass is 9.84. The van der Waals surface area contributed by atoms with Crippen molar-refractivity contribution in [1.29, 1.82) is 0 Å². The first kappa shape index (κ1) is 11.6. The molecule has 0 saturated carbocycles. The molecule has 1 aliphatic rings. The van der Waals surface area contributed by atoms with Gasteiger partial charge in [0.25, 0.3) is 0 Å². The van der Waals surface area contributed by atoms with Gasteiger partial charge >= 0.3 is 0 Å². The molecule has 2 heteroatoms. The monoisotopic (exact) mass is 219 g/mol. The maximum absolute atomic E-state index is 9.30. The molecule has 0 spiro atoms. The fourth-order valence-corrected chi connectivity index (χ4v) is 2.56. The van der Waals surface area contributed by atoms with Gasteiger partial charge in [0.1, 0.15) is 0 Å². The maximum atomic E-state index is 9.30. The van der Waals surface area contributed by atoms with E-state index in [-0.39, 0.29) is 12.5 Å². The fourth-order valence-electron chi connectivity index (χ4n) is 2.56. The zero-order valence-corrected chi connectivity index (χ0v) is 9.95. The van der Waals surface area contributed by atoms with Crippen LogP contribution in [0.4, 0.5) is 0 Å². The Morgan fingerprint density at radius 1 is 1.31 bits per heavy atom. The van der Waals surface area contributed by atoms with Crippen molar-refractivity contribution in [3.63, 3.8) is 0 Å². The summed E-state index contributed by atoms with van der Waals surface area (Å²) in [6, 6.07) is 8.59. The third kappa shape index (κ3) is 2.45. The zero-order chi connectivity index (χ0) is 11.4. The molecule has 2 rings (SSSR count). The SMILES string of the molecule is CC(CO)c1ccccc1C1CCNCC1. The van der Waals surface area contributed by atoms with Crippen LogP contribution in [0.3, 0.4) is 0 Å². The summed E-state index contributed by atoms with van der Waals surface area (Å²) in [5, 5.41) is 12.7. The van der Waals surface area contributed by atoms with E-state index in [4.69, 9.17) is 0 Å². The minimum Gasteiger partial charge on any atom is -0.396 e. The number of piperidine rings is 1. The summed E-state index contributed by atoms with van der Waals surface area (Å²) in [7, 11) is 0. The molecule has 1 fully saturated rings. The van der Waals surface area contributed by atoms with Crippen molar-refractivity contribution in [1.82, 2.24) is 5.32 Å². The third-order valence-electron chi connectivity index (χ3n) is 3.58. The summed E-state index contributed by atoms with van der Waals surface area (Å²) in [5.74, 6) is 0.928. The van der Waals surface area contributed by atoms with Gasteiger partial charge in [-0.05, 0) is 43.0 Å². The maximum Gasteiger partial charge on any atom is 0.0497 e. The molecule has 1 unspecified atom stereocenters. The molecule has 0 amide bonds. The molecule has 0 radical (unpaired) electrons. The second-order valence-electron chi connectivity index (χ2n) is 4.74. The summed E-state index contributed by atoms with van der Waals surface area (Å²) >= 11 is 0. The lowest BCUT2D eigenvalue weighted by Gasteiger charge is -2.26. The fraction of sp³-hybridized carbons (Fsp3) is 0.571. The van der Waals surface area contributed by atoms with Gasteiger partial charge in [0.05, 0.1) is 0 Å². The molecule has 1 aliphatic heterocycles. The minimum atomic E-state index is 0.238. The van der Waals surface area contributed by atoms with Gasteiger partial charge in [0.15, 0.2) is 0 Å². The Hall–Kier alpha value is -0.860. The Labute approximate surface area is 97.7 Å². The van der Waals surface area contributed by atoms with Crippen LogP contribution in [0.25, 0.3) is 0 Å². The van der Waals surface area contributed by atoms with E-state index in [2.05, 4.69) is 36.5 Å². The summed E-state index contributed by atoms with van der Waals surface area (Å²) < 4.78 is 0. The van der Waals surface area contributed by atoms with Gasteiger partial charge < -0.3 is 10.4 Å². The van der Waals surface area contributed by atoms with Crippen molar-refractivity contribution in [2.45, 2.75) is 31.6 Å². The summed E-state index contributed by atoms with van der Waals surface area (Å²) in [4.78, 5) is 0. The van der Waals surface area contributed by atoms with E-state index in [1.807, 2.05) is 0 Å². The Morgan fingerprint density at radius 2 is 2.00 bits per heavy atom. The second-order valence-corrected chi connectivity index (χ2v) is 4.74. The van der Waals surface area contributed by atoms with Gasteiger partial charge in [-0.3, -0.25) is 0 Å². The van der Waals surface area contributed by atoms with Crippen molar-refractivity contribution < 1.29 is 5.11 Å². The number of hydrogen-bond acceptors (Lipinski definition) is 2. The lowest BCUT2D eigenvalue weighted by molar-refractivity contribution is 0.272. The summed E-state index contributed by atoms with van der Waals surface area (Å²) in [6.07, 6.45) is 2.43. The predicted molar refractivity (Wildman–Crippen MR) is 66.8 cm³/mol. The quantitative estimate of drug-likeness (QED) is 0.817. The first-order chi connectivity index (χ1) is 7.83. The first-order valence-corrected chi connectivity index (χ1v) is 6.23. The average Bonchev–Trinajstić information content (AvgIpc) is 2.39. The van der Waals surface area contributed by atoms with E-state index in [1.165, 1.54) is 24.0 Å². The highest BCUT2D eigenvalue weighted by Gasteiger charge is 2.19. The van der Waals surface area contributed by atoms with Crippen LogP contribution in [-0.4, -0.2) is 24.8 Å². The number of benzene rings is 1. The smallest absolute Gasteiger partial charge is 0.0497 e. The van der Waals surface area contributed by atoms with E-state index in [0.29, 0.717) is 5.92 Å². The molecule has 16 heavy (non-hydrogen) atoms. The first-order valence-electron chi connectivity index (χ1n) is 6.23. The van der Waals surface area contributed by atoms with E-state index >= 15 is 0 Å². The Kier molecular flexibility index (Phi) is 3.97. The molecule has 2 N–H and O–H groups in total. The van der Waals surface area contributed by atoms with Crippen molar-refractivity contribution in [2.24, 2.45) is 0 Å². The number of aliphatic hydroxyl groups is 1. The van der Waals surface area contributed by atoms with Gasteiger partial charge in [0.2, 0.25) is 0 Å². The van der Waals surface area contributed by atoms with Gasteiger partial charge in [-0.15, -0.1) is 0 Å². The second kappa shape index (κ2) is 5.46. The van der Waals surface area contributed by atoms with Crippen LogP contribution < -0.4 is 5.32 Å². The molecule has 0 bridgehead atoms. The number of hydrogen-bond donors (Lipinski definition) is 2. The van der Waals surface area contributed by atoms with Crippen LogP contribution >= 0.6 is 0 Å². The summed E-state index contributed by atoms with van der Waals surface area (Å²) in [6.45, 7) is 4.57. The van der Waals surface area contributed by atoms with Crippen LogP contribution in [0.15, 0.2) is 24.3 Å². The van der Waals surface area contributed by atoms with Gasteiger partial charge in [-0.2, -0.15) is 0 Å². The van der Waals surface area contributed by atoms with Crippen molar-refractivity contribution in [3.05, 3.63) is 35.4 Å². The van der Waals surface area contributed by atoms with E-state index in [0.717, 1.165) is 13.1 Å². The molecular formula is C14H21NO. The standard InChI is InChI=1S/C14H21NO/c1-11(10-16)13-4-2-3-5-14(13)12-6-8-15-9-7-12/h2-5,11-12,15-16H,6-10H2,1H3.